The molecule has 8 heteroatoms. The van der Waals surface area contributed by atoms with E-state index in [0.29, 0.717) is 9.37 Å². The number of esters is 1. The van der Waals surface area contributed by atoms with Crippen LogP contribution in [0.4, 0.5) is 5.69 Å². The van der Waals surface area contributed by atoms with Crippen molar-refractivity contribution in [2.45, 2.75) is 12.6 Å². The fourth-order valence-corrected chi connectivity index (χ4v) is 2.54. The topological polar surface area (TPSA) is 104 Å². The van der Waals surface area contributed by atoms with Gasteiger partial charge in [-0.1, -0.05) is 15.9 Å². The summed E-state index contributed by atoms with van der Waals surface area (Å²) in [5.41, 5.74) is -3.31. The van der Waals surface area contributed by atoms with Crippen molar-refractivity contribution >= 4 is 39.3 Å². The number of carbonyl (C=O) groups is 3. The van der Waals surface area contributed by atoms with Crippen molar-refractivity contribution in [2.24, 2.45) is 0 Å². The zero-order chi connectivity index (χ0) is 16.7. The predicted octanol–water partition coefficient (Wildman–Crippen LogP) is 1.06. The first-order valence-corrected chi connectivity index (χ1v) is 6.90. The lowest BCUT2D eigenvalue weighted by Gasteiger charge is -2.32. The minimum absolute atomic E-state index is 0.115. The van der Waals surface area contributed by atoms with Gasteiger partial charge in [-0.2, -0.15) is 0 Å². The Morgan fingerprint density at radius 2 is 1.82 bits per heavy atom. The SMILES string of the molecule is COC(=O)C1(O)C(C(C)=O)=C(O)C(=O)N1c1ccc(Br)cc1. The molecule has 1 atom stereocenters. The van der Waals surface area contributed by atoms with Crippen molar-refractivity contribution in [2.75, 3.05) is 12.0 Å². The maximum Gasteiger partial charge on any atom is 0.365 e. The van der Waals surface area contributed by atoms with Crippen LogP contribution in [0, 0.1) is 0 Å². The number of methoxy groups -OCH3 is 1. The summed E-state index contributed by atoms with van der Waals surface area (Å²) in [6.45, 7) is 1.03. The smallest absolute Gasteiger partial charge is 0.365 e. The van der Waals surface area contributed by atoms with Crippen molar-refractivity contribution < 1.29 is 29.3 Å². The van der Waals surface area contributed by atoms with Crippen LogP contribution in [0.5, 0.6) is 0 Å². The second-order valence-electron chi connectivity index (χ2n) is 4.56. The zero-order valence-electron chi connectivity index (χ0n) is 11.7. The Morgan fingerprint density at radius 1 is 1.27 bits per heavy atom. The number of aliphatic hydroxyl groups excluding tert-OH is 1. The van der Waals surface area contributed by atoms with E-state index in [1.54, 1.807) is 12.1 Å². The molecule has 0 spiro atoms. The van der Waals surface area contributed by atoms with E-state index in [2.05, 4.69) is 20.7 Å². The van der Waals surface area contributed by atoms with E-state index in [4.69, 9.17) is 0 Å². The zero-order valence-corrected chi connectivity index (χ0v) is 13.2. The third-order valence-corrected chi connectivity index (χ3v) is 3.75. The molecule has 1 aliphatic heterocycles. The molecular weight excluding hydrogens is 358 g/mol. The summed E-state index contributed by atoms with van der Waals surface area (Å²) in [5.74, 6) is -4.12. The lowest BCUT2D eigenvalue weighted by Crippen LogP contribution is -2.56. The van der Waals surface area contributed by atoms with Gasteiger partial charge in [-0.05, 0) is 31.2 Å². The van der Waals surface area contributed by atoms with Crippen LogP contribution in [-0.4, -0.2) is 40.7 Å². The number of carbonyl (C=O) groups excluding carboxylic acids is 3. The number of hydrogen-bond acceptors (Lipinski definition) is 6. The van der Waals surface area contributed by atoms with E-state index in [0.717, 1.165) is 14.0 Å². The van der Waals surface area contributed by atoms with Crippen LogP contribution in [0.3, 0.4) is 0 Å². The molecule has 1 aromatic carbocycles. The Hall–Kier alpha value is -2.19. The molecule has 0 saturated carbocycles. The molecule has 1 amide bonds. The van der Waals surface area contributed by atoms with Gasteiger partial charge in [-0.15, -0.1) is 0 Å². The van der Waals surface area contributed by atoms with Gasteiger partial charge in [0.15, 0.2) is 11.5 Å². The number of rotatable bonds is 3. The first kappa shape index (κ1) is 16.2. The Bertz CT molecular complexity index is 696. The first-order chi connectivity index (χ1) is 10.2. The fraction of sp³-hybridized carbons (Fsp3) is 0.214. The summed E-state index contributed by atoms with van der Waals surface area (Å²) in [6, 6.07) is 6.02. The monoisotopic (exact) mass is 369 g/mol. The van der Waals surface area contributed by atoms with Crippen LogP contribution < -0.4 is 4.90 Å². The highest BCUT2D eigenvalue weighted by Gasteiger charge is 2.59. The average Bonchev–Trinajstić information content (AvgIpc) is 2.67. The minimum atomic E-state index is -2.71. The van der Waals surface area contributed by atoms with Gasteiger partial charge in [0.25, 0.3) is 11.6 Å². The number of ether oxygens (including phenoxy) is 1. The standard InChI is InChI=1S/C14H12BrNO6/c1-7(17)10-11(18)12(19)16(14(10,21)13(20)22-2)9-5-3-8(15)4-6-9/h3-6,18,21H,1-2H3. The number of halogens is 1. The average molecular weight is 370 g/mol. The largest absolute Gasteiger partial charge is 0.503 e. The number of Topliss-reactive ketones (excluding diaryl/α,β-unsaturated/α-hetero) is 1. The highest BCUT2D eigenvalue weighted by molar-refractivity contribution is 9.10. The normalized spacial score (nSPS) is 21.3. The molecule has 116 valence electrons. The van der Waals surface area contributed by atoms with Crippen molar-refractivity contribution in [1.29, 1.82) is 0 Å². The lowest BCUT2D eigenvalue weighted by atomic mass is 10.00. The van der Waals surface area contributed by atoms with Crippen molar-refractivity contribution in [3.8, 4) is 0 Å². The number of anilines is 1. The molecule has 0 bridgehead atoms. The van der Waals surface area contributed by atoms with Gasteiger partial charge in [-0.25, -0.2) is 4.79 Å². The van der Waals surface area contributed by atoms with Gasteiger partial charge in [0.1, 0.15) is 5.57 Å². The van der Waals surface area contributed by atoms with Gasteiger partial charge in [0.05, 0.1) is 7.11 Å². The van der Waals surface area contributed by atoms with Crippen LogP contribution in [0.15, 0.2) is 40.1 Å². The summed E-state index contributed by atoms with van der Waals surface area (Å²) in [6.07, 6.45) is 0. The van der Waals surface area contributed by atoms with E-state index in [-0.39, 0.29) is 5.69 Å². The Morgan fingerprint density at radius 3 is 2.27 bits per heavy atom. The van der Waals surface area contributed by atoms with Crippen LogP contribution in [0.1, 0.15) is 6.92 Å². The first-order valence-electron chi connectivity index (χ1n) is 6.10. The van der Waals surface area contributed by atoms with E-state index in [1.165, 1.54) is 12.1 Å². The molecule has 1 aromatic rings. The molecule has 0 aromatic heterocycles. The second kappa shape index (κ2) is 5.54. The highest BCUT2D eigenvalue weighted by atomic mass is 79.9. The second-order valence-corrected chi connectivity index (χ2v) is 5.48. The lowest BCUT2D eigenvalue weighted by molar-refractivity contribution is -0.159. The molecule has 22 heavy (non-hydrogen) atoms. The molecule has 0 aliphatic carbocycles. The molecule has 1 aliphatic rings. The molecule has 0 radical (unpaired) electrons. The third kappa shape index (κ3) is 2.20. The molecule has 2 rings (SSSR count). The number of aliphatic hydroxyl groups is 2. The summed E-state index contributed by atoms with van der Waals surface area (Å²) < 4.78 is 5.20. The molecule has 7 nitrogen and oxygen atoms in total. The van der Waals surface area contributed by atoms with E-state index < -0.39 is 34.7 Å². The minimum Gasteiger partial charge on any atom is -0.503 e. The fourth-order valence-electron chi connectivity index (χ4n) is 2.28. The van der Waals surface area contributed by atoms with Gasteiger partial charge >= 0.3 is 5.97 Å². The van der Waals surface area contributed by atoms with Crippen molar-refractivity contribution in [1.82, 2.24) is 0 Å². The van der Waals surface area contributed by atoms with Crippen molar-refractivity contribution in [3.63, 3.8) is 0 Å². The Kier molecular flexibility index (Phi) is 4.08. The number of benzene rings is 1. The van der Waals surface area contributed by atoms with Crippen LogP contribution >= 0.6 is 15.9 Å². The van der Waals surface area contributed by atoms with E-state index in [1.807, 2.05) is 0 Å². The third-order valence-electron chi connectivity index (χ3n) is 3.22. The van der Waals surface area contributed by atoms with Gasteiger partial charge < -0.3 is 14.9 Å². The molecular formula is C14H12BrNO6. The molecule has 1 unspecified atom stereocenters. The summed E-state index contributed by atoms with van der Waals surface area (Å²) in [4.78, 5) is 36.6. The maximum atomic E-state index is 12.2. The summed E-state index contributed by atoms with van der Waals surface area (Å²) in [5, 5.41) is 20.6. The maximum absolute atomic E-state index is 12.2. The molecule has 0 fully saturated rings. The van der Waals surface area contributed by atoms with Gasteiger partial charge in [0.2, 0.25) is 0 Å². The molecule has 0 saturated heterocycles. The Labute approximate surface area is 133 Å². The van der Waals surface area contributed by atoms with Crippen LogP contribution in [0.2, 0.25) is 0 Å². The number of nitrogens with zero attached hydrogens (tertiary/aromatic N) is 1. The van der Waals surface area contributed by atoms with E-state index in [9.17, 15) is 24.6 Å². The van der Waals surface area contributed by atoms with Crippen LogP contribution in [0.25, 0.3) is 0 Å². The summed E-state index contributed by atoms with van der Waals surface area (Å²) >= 11 is 3.22. The van der Waals surface area contributed by atoms with Gasteiger partial charge in [0, 0.05) is 10.2 Å². The van der Waals surface area contributed by atoms with E-state index >= 15 is 0 Å². The predicted molar refractivity (Wildman–Crippen MR) is 78.9 cm³/mol. The number of amides is 1. The number of ketones is 1. The number of hydrogen-bond donors (Lipinski definition) is 2. The summed E-state index contributed by atoms with van der Waals surface area (Å²) in [7, 11) is 0.998. The molecule has 2 N–H and O–H groups in total. The van der Waals surface area contributed by atoms with Crippen LogP contribution in [-0.2, 0) is 19.1 Å². The van der Waals surface area contributed by atoms with Crippen molar-refractivity contribution in [3.05, 3.63) is 40.1 Å². The highest BCUT2D eigenvalue weighted by Crippen LogP contribution is 2.38. The Balaban J connectivity index is 2.68. The molecule has 1 heterocycles. The van der Waals surface area contributed by atoms with Gasteiger partial charge in [-0.3, -0.25) is 14.5 Å². The quantitative estimate of drug-likeness (QED) is 0.772.